The molecule has 0 aromatic carbocycles. The minimum absolute atomic E-state index is 0. The van der Waals surface area contributed by atoms with Crippen molar-refractivity contribution in [2.45, 2.75) is 37.3 Å². The Hall–Kier alpha value is -2.26. The molecule has 0 amide bonds. The minimum Gasteiger partial charge on any atom is -0.550 e. The van der Waals surface area contributed by atoms with Crippen LogP contribution in [0, 0.1) is 0 Å². The molecule has 0 fully saturated rings. The van der Waals surface area contributed by atoms with Crippen molar-refractivity contribution in [2.75, 3.05) is 31.7 Å². The van der Waals surface area contributed by atoms with E-state index in [1.165, 1.54) is 0 Å². The predicted octanol–water partition coefficient (Wildman–Crippen LogP) is -4.33. The van der Waals surface area contributed by atoms with E-state index in [4.69, 9.17) is 14.6 Å². The predicted molar refractivity (Wildman–Crippen MR) is 123 cm³/mol. The number of rotatable bonds is 14. The number of aliphatic hydroxyl groups is 2. The van der Waals surface area contributed by atoms with Crippen LogP contribution in [-0.2, 0) is 40.3 Å². The molecule has 2 radical (unpaired) electrons. The van der Waals surface area contributed by atoms with Gasteiger partial charge in [0.2, 0.25) is 5.95 Å². The zero-order chi connectivity index (χ0) is 26.6. The third-order valence-corrected chi connectivity index (χ3v) is 5.15. The molecule has 2 aromatic rings. The molecule has 198 valence electrons. The van der Waals surface area contributed by atoms with Gasteiger partial charge in [-0.1, -0.05) is 0 Å². The van der Waals surface area contributed by atoms with E-state index in [9.17, 15) is 29.7 Å². The first kappa shape index (κ1) is 33.7. The van der Waals surface area contributed by atoms with Gasteiger partial charge in [0.05, 0.1) is 18.3 Å². The van der Waals surface area contributed by atoms with Gasteiger partial charge in [0, 0.05) is 44.1 Å². The number of furan rings is 1. The molecule has 0 unspecified atom stereocenters. The van der Waals surface area contributed by atoms with Gasteiger partial charge in [-0.2, -0.15) is 21.8 Å². The van der Waals surface area contributed by atoms with Crippen molar-refractivity contribution >= 4 is 61.8 Å². The Labute approximate surface area is 230 Å². The summed E-state index contributed by atoms with van der Waals surface area (Å²) < 4.78 is 7.39. The van der Waals surface area contributed by atoms with Crippen molar-refractivity contribution in [3.05, 3.63) is 29.5 Å². The van der Waals surface area contributed by atoms with Gasteiger partial charge in [0.15, 0.2) is 5.82 Å². The Balaban J connectivity index is 0.000000758. The Kier molecular flexibility index (Phi) is 15.4. The SMILES string of the molecule is CN(C)Cc1ccc(CSCCNc2nc(CO)nn2C)o1.O=C([O-])CC(O)(CC(=O)[O-])C(=O)[O-].[Bi+3]. The van der Waals surface area contributed by atoms with Gasteiger partial charge in [0.25, 0.3) is 0 Å². The Morgan fingerprint density at radius 3 is 2.22 bits per heavy atom. The largest absolute Gasteiger partial charge is 3.00 e. The van der Waals surface area contributed by atoms with Crippen molar-refractivity contribution < 1.29 is 44.3 Å². The first-order valence-corrected chi connectivity index (χ1v) is 11.4. The maximum atomic E-state index is 10.1. The fourth-order valence-electron chi connectivity index (χ4n) is 2.65. The summed E-state index contributed by atoms with van der Waals surface area (Å²) in [6, 6.07) is 4.07. The number of thioether (sulfide) groups is 1. The van der Waals surface area contributed by atoms with E-state index >= 15 is 0 Å². The van der Waals surface area contributed by atoms with Gasteiger partial charge in [-0.25, -0.2) is 4.68 Å². The van der Waals surface area contributed by atoms with Crippen LogP contribution in [0.4, 0.5) is 5.95 Å². The number of nitrogens with zero attached hydrogens (tertiary/aromatic N) is 4. The summed E-state index contributed by atoms with van der Waals surface area (Å²) in [5.74, 6) is -1.09. The molecular weight excluding hydrogens is 695 g/mol. The zero-order valence-corrected chi connectivity index (χ0v) is 24.3. The molecular formula is C20H28BiN5O9S. The van der Waals surface area contributed by atoms with E-state index < -0.39 is 36.4 Å². The normalized spacial score (nSPS) is 10.8. The first-order valence-electron chi connectivity index (χ1n) is 10.2. The number of aromatic nitrogens is 3. The summed E-state index contributed by atoms with van der Waals surface area (Å²) in [5.41, 5.74) is -2.97. The van der Waals surface area contributed by atoms with E-state index in [-0.39, 0.29) is 32.8 Å². The molecule has 14 nitrogen and oxygen atoms in total. The molecule has 0 spiro atoms. The van der Waals surface area contributed by atoms with Crippen molar-refractivity contribution in [2.24, 2.45) is 7.05 Å². The van der Waals surface area contributed by atoms with Crippen molar-refractivity contribution in [3.63, 3.8) is 0 Å². The summed E-state index contributed by atoms with van der Waals surface area (Å²) in [5, 5.41) is 55.2. The van der Waals surface area contributed by atoms with Crippen LogP contribution >= 0.6 is 11.8 Å². The average molecular weight is 724 g/mol. The standard InChI is InChI=1S/C14H23N5O2S.C6H8O7.Bi/c1-18(2)8-11-4-5-12(21-11)10-22-7-6-15-14-16-13(9-20)17-19(14)3;7-3(8)1-6(13,5(11)12)2-4(9)10;/h4-5,20H,6-10H2,1-3H3,(H,15,16,17);13H,1-2H2,(H,7,8)(H,9,10)(H,11,12);/q;;+3/p-3. The second-order valence-corrected chi connectivity index (χ2v) is 8.74. The van der Waals surface area contributed by atoms with Crippen LogP contribution in [0.1, 0.15) is 30.2 Å². The van der Waals surface area contributed by atoms with Crippen LogP contribution in [0.25, 0.3) is 0 Å². The Morgan fingerprint density at radius 2 is 1.75 bits per heavy atom. The van der Waals surface area contributed by atoms with Crippen molar-refractivity contribution in [1.82, 2.24) is 19.7 Å². The molecule has 2 aromatic heterocycles. The Bertz CT molecular complexity index is 967. The number of nitrogens with one attached hydrogen (secondary N) is 1. The number of carbonyl (C=O) groups excluding carboxylic acids is 3. The number of aryl methyl sites for hydroxylation is 1. The van der Waals surface area contributed by atoms with Crippen LogP contribution in [0.3, 0.4) is 0 Å². The molecule has 36 heavy (non-hydrogen) atoms. The summed E-state index contributed by atoms with van der Waals surface area (Å²) in [4.78, 5) is 36.3. The fourth-order valence-corrected chi connectivity index (χ4v) is 3.39. The van der Waals surface area contributed by atoms with Crippen LogP contribution in [0.5, 0.6) is 0 Å². The van der Waals surface area contributed by atoms with Crippen LogP contribution in [0.15, 0.2) is 16.5 Å². The van der Waals surface area contributed by atoms with Crippen LogP contribution in [0.2, 0.25) is 0 Å². The van der Waals surface area contributed by atoms with Crippen LogP contribution in [-0.4, -0.2) is 106 Å². The summed E-state index contributed by atoms with van der Waals surface area (Å²) in [6.07, 6.45) is -2.72. The molecule has 16 heteroatoms. The number of carboxylic acids is 3. The maximum absolute atomic E-state index is 10.1. The number of hydrogen-bond donors (Lipinski definition) is 3. The molecule has 0 bridgehead atoms. The quantitative estimate of drug-likeness (QED) is 0.124. The number of anilines is 1. The van der Waals surface area contributed by atoms with Gasteiger partial charge < -0.3 is 54.6 Å². The molecule has 0 saturated heterocycles. The van der Waals surface area contributed by atoms with Gasteiger partial charge in [-0.15, -0.1) is 0 Å². The average Bonchev–Trinajstić information content (AvgIpc) is 3.32. The van der Waals surface area contributed by atoms with Crippen LogP contribution < -0.4 is 20.6 Å². The summed E-state index contributed by atoms with van der Waals surface area (Å²) in [6.45, 7) is 1.47. The first-order chi connectivity index (χ1) is 16.4. The van der Waals surface area contributed by atoms with E-state index in [0.29, 0.717) is 11.8 Å². The Morgan fingerprint density at radius 1 is 1.17 bits per heavy atom. The van der Waals surface area contributed by atoms with Gasteiger partial charge in [-0.3, -0.25) is 0 Å². The number of carboxylic acid groups (broad SMARTS) is 3. The number of aliphatic hydroxyl groups excluding tert-OH is 1. The zero-order valence-electron chi connectivity index (χ0n) is 20.0. The van der Waals surface area contributed by atoms with E-state index in [1.54, 1.807) is 23.5 Å². The minimum atomic E-state index is -2.97. The number of hydrogen-bond acceptors (Lipinski definition) is 14. The van der Waals surface area contributed by atoms with E-state index in [0.717, 1.165) is 36.1 Å². The molecule has 3 N–H and O–H groups in total. The number of carbonyl (C=O) groups is 3. The second kappa shape index (κ2) is 16.5. The second-order valence-electron chi connectivity index (χ2n) is 7.64. The topological polar surface area (TPSA) is 220 Å². The molecule has 0 saturated carbocycles. The monoisotopic (exact) mass is 723 g/mol. The van der Waals surface area contributed by atoms with Crippen molar-refractivity contribution in [3.8, 4) is 0 Å². The maximum Gasteiger partial charge on any atom is 3.00 e. The molecule has 2 heterocycles. The third-order valence-electron chi connectivity index (χ3n) is 4.17. The van der Waals surface area contributed by atoms with Crippen molar-refractivity contribution in [1.29, 1.82) is 0 Å². The van der Waals surface area contributed by atoms with E-state index in [2.05, 4.69) is 20.3 Å². The van der Waals surface area contributed by atoms with Gasteiger partial charge in [-0.05, 0) is 26.2 Å². The fraction of sp³-hybridized carbons (Fsp3) is 0.550. The molecule has 0 aliphatic carbocycles. The molecule has 0 aliphatic rings. The third kappa shape index (κ3) is 12.6. The molecule has 0 atom stereocenters. The molecule has 2 rings (SSSR count). The van der Waals surface area contributed by atoms with E-state index in [1.807, 2.05) is 26.2 Å². The summed E-state index contributed by atoms with van der Waals surface area (Å²) in [7, 11) is 5.85. The smallest absolute Gasteiger partial charge is 0.550 e. The van der Waals surface area contributed by atoms with Gasteiger partial charge in [0.1, 0.15) is 23.7 Å². The molecule has 0 aliphatic heterocycles. The number of aliphatic carboxylic acids is 3. The van der Waals surface area contributed by atoms with Gasteiger partial charge >= 0.3 is 26.2 Å². The summed E-state index contributed by atoms with van der Waals surface area (Å²) >= 11 is 1.80.